The molecule has 122 valence electrons. The first-order chi connectivity index (χ1) is 11.7. The number of hydrazine groups is 1. The van der Waals surface area contributed by atoms with Crippen LogP contribution in [0.25, 0.3) is 10.9 Å². The zero-order valence-electron chi connectivity index (χ0n) is 12.7. The summed E-state index contributed by atoms with van der Waals surface area (Å²) in [5, 5.41) is 6.22. The highest BCUT2D eigenvalue weighted by atomic mass is 35.5. The lowest BCUT2D eigenvalue weighted by Crippen LogP contribution is -2.37. The van der Waals surface area contributed by atoms with Gasteiger partial charge < -0.3 is 4.57 Å². The van der Waals surface area contributed by atoms with Gasteiger partial charge >= 0.3 is 0 Å². The average molecular weight is 358 g/mol. The molecule has 0 radical (unpaired) electrons. The quantitative estimate of drug-likeness (QED) is 0.290. The normalized spacial score (nSPS) is 11.1. The first-order valence-electron chi connectivity index (χ1n) is 7.29. The van der Waals surface area contributed by atoms with E-state index in [0.29, 0.717) is 0 Å². The average Bonchev–Trinajstić information content (AvgIpc) is 2.95. The number of rotatable bonds is 4. The molecule has 7 heteroatoms. The number of hydrogen-bond donors (Lipinski definition) is 3. The van der Waals surface area contributed by atoms with Crippen molar-refractivity contribution < 1.29 is 0 Å². The molecular formula is C17H16ClN5S. The van der Waals surface area contributed by atoms with E-state index in [1.807, 2.05) is 36.4 Å². The number of halogens is 1. The zero-order valence-corrected chi connectivity index (χ0v) is 14.3. The van der Waals surface area contributed by atoms with Gasteiger partial charge in [0, 0.05) is 34.2 Å². The van der Waals surface area contributed by atoms with E-state index in [1.54, 1.807) is 6.21 Å². The number of aromatic nitrogens is 1. The summed E-state index contributed by atoms with van der Waals surface area (Å²) in [6.45, 7) is 0.752. The van der Waals surface area contributed by atoms with Gasteiger partial charge in [-0.05, 0) is 36.0 Å². The number of hydrogen-bond acceptors (Lipinski definition) is 3. The molecule has 0 unspecified atom stereocenters. The maximum absolute atomic E-state index is 5.95. The monoisotopic (exact) mass is 357 g/mol. The van der Waals surface area contributed by atoms with Crippen LogP contribution in [0.4, 0.5) is 0 Å². The van der Waals surface area contributed by atoms with Crippen molar-refractivity contribution in [2.75, 3.05) is 0 Å². The molecule has 5 nitrogen and oxygen atoms in total. The summed E-state index contributed by atoms with van der Waals surface area (Å²) >= 11 is 10.8. The van der Waals surface area contributed by atoms with Crippen LogP contribution in [0.3, 0.4) is 0 Å². The lowest BCUT2D eigenvalue weighted by Gasteiger charge is -2.05. The molecule has 0 bridgehead atoms. The maximum Gasteiger partial charge on any atom is 0.201 e. The second-order valence-corrected chi connectivity index (χ2v) is 6.04. The molecule has 0 saturated heterocycles. The maximum atomic E-state index is 5.95. The minimum absolute atomic E-state index is 0.260. The van der Waals surface area contributed by atoms with Crippen molar-refractivity contribution in [2.45, 2.75) is 6.54 Å². The van der Waals surface area contributed by atoms with Gasteiger partial charge in [-0.15, -0.1) is 0 Å². The van der Waals surface area contributed by atoms with Gasteiger partial charge in [0.15, 0.2) is 0 Å². The molecule has 1 heterocycles. The Kier molecular flexibility index (Phi) is 5.10. The highest BCUT2D eigenvalue weighted by Crippen LogP contribution is 2.21. The fourth-order valence-electron chi connectivity index (χ4n) is 2.49. The van der Waals surface area contributed by atoms with Gasteiger partial charge in [-0.2, -0.15) is 5.10 Å². The number of thiocarbonyl (C=S) groups is 1. The Morgan fingerprint density at radius 3 is 2.71 bits per heavy atom. The topological polar surface area (TPSA) is 67.4 Å². The summed E-state index contributed by atoms with van der Waals surface area (Å²) in [4.78, 5) is 0. The van der Waals surface area contributed by atoms with Crippen molar-refractivity contribution in [3.05, 3.63) is 70.9 Å². The second-order valence-electron chi connectivity index (χ2n) is 5.20. The van der Waals surface area contributed by atoms with E-state index in [4.69, 9.17) is 29.7 Å². The first-order valence-corrected chi connectivity index (χ1v) is 8.08. The molecule has 2 aromatic carbocycles. The minimum Gasteiger partial charge on any atom is -0.342 e. The van der Waals surface area contributed by atoms with Crippen LogP contribution in [0, 0.1) is 0 Å². The van der Waals surface area contributed by atoms with Gasteiger partial charge in [0.2, 0.25) is 5.11 Å². The van der Waals surface area contributed by atoms with E-state index in [2.05, 4.69) is 38.8 Å². The molecule has 0 amide bonds. The summed E-state index contributed by atoms with van der Waals surface area (Å²) in [7, 11) is 0. The third kappa shape index (κ3) is 3.73. The van der Waals surface area contributed by atoms with E-state index in [-0.39, 0.29) is 5.11 Å². The molecule has 0 fully saturated rings. The number of fused-ring (bicyclic) bond motifs is 1. The Balaban J connectivity index is 1.91. The Bertz CT molecular complexity index is 886. The summed E-state index contributed by atoms with van der Waals surface area (Å²) < 4.78 is 2.18. The standard InChI is InChI=1S/C17H16ClN5S/c18-14-7-5-12(6-8-14)10-23-11-13(9-20-22-17(24)21-19)15-3-1-2-4-16(15)23/h1-9,11H,10,19H2,(H2,21,22,24)/b20-9+. The third-order valence-electron chi connectivity index (χ3n) is 3.59. The van der Waals surface area contributed by atoms with Crippen LogP contribution in [0.1, 0.15) is 11.1 Å². The molecule has 24 heavy (non-hydrogen) atoms. The van der Waals surface area contributed by atoms with Crippen LogP contribution in [0.2, 0.25) is 5.02 Å². The molecule has 0 aliphatic heterocycles. The van der Waals surface area contributed by atoms with E-state index in [0.717, 1.165) is 28.0 Å². The van der Waals surface area contributed by atoms with Crippen molar-refractivity contribution in [1.82, 2.24) is 15.4 Å². The zero-order chi connectivity index (χ0) is 16.9. The SMILES string of the molecule is NNC(=S)N/N=C/c1cn(Cc2ccc(Cl)cc2)c2ccccc12. The van der Waals surface area contributed by atoms with Crippen molar-refractivity contribution >= 4 is 46.0 Å². The van der Waals surface area contributed by atoms with Crippen LogP contribution >= 0.6 is 23.8 Å². The molecule has 0 spiro atoms. The van der Waals surface area contributed by atoms with Crippen molar-refractivity contribution in [3.63, 3.8) is 0 Å². The predicted octanol–water partition coefficient (Wildman–Crippen LogP) is 3.01. The summed E-state index contributed by atoms with van der Waals surface area (Å²) in [5.41, 5.74) is 8.27. The number of nitrogens with one attached hydrogen (secondary N) is 2. The predicted molar refractivity (Wildman–Crippen MR) is 103 cm³/mol. The summed E-state index contributed by atoms with van der Waals surface area (Å²) in [6, 6.07) is 16.0. The van der Waals surface area contributed by atoms with Crippen molar-refractivity contribution in [1.29, 1.82) is 0 Å². The molecule has 3 rings (SSSR count). The third-order valence-corrected chi connectivity index (χ3v) is 4.05. The van der Waals surface area contributed by atoms with Gasteiger partial charge in [-0.1, -0.05) is 41.9 Å². The Hall–Kier alpha value is -2.41. The lowest BCUT2D eigenvalue weighted by atomic mass is 10.2. The molecule has 1 aromatic heterocycles. The van der Waals surface area contributed by atoms with Gasteiger partial charge in [0.05, 0.1) is 6.21 Å². The van der Waals surface area contributed by atoms with Gasteiger partial charge in [-0.3, -0.25) is 10.9 Å². The molecule has 0 atom stereocenters. The molecule has 0 aliphatic rings. The second kappa shape index (κ2) is 7.44. The molecule has 0 aliphatic carbocycles. The molecule has 0 saturated carbocycles. The number of benzene rings is 2. The Labute approximate surface area is 150 Å². The number of hydrazone groups is 1. The molecule has 3 aromatic rings. The van der Waals surface area contributed by atoms with Crippen LogP contribution < -0.4 is 16.7 Å². The van der Waals surface area contributed by atoms with Crippen LogP contribution in [0.5, 0.6) is 0 Å². The van der Waals surface area contributed by atoms with Crippen LogP contribution in [-0.4, -0.2) is 15.9 Å². The van der Waals surface area contributed by atoms with Crippen molar-refractivity contribution in [2.24, 2.45) is 10.9 Å². The smallest absolute Gasteiger partial charge is 0.201 e. The largest absolute Gasteiger partial charge is 0.342 e. The fraction of sp³-hybridized carbons (Fsp3) is 0.0588. The fourth-order valence-corrected chi connectivity index (χ4v) is 2.67. The molecule has 4 N–H and O–H groups in total. The highest BCUT2D eigenvalue weighted by molar-refractivity contribution is 7.80. The van der Waals surface area contributed by atoms with E-state index >= 15 is 0 Å². The van der Waals surface area contributed by atoms with E-state index in [1.165, 1.54) is 5.56 Å². The molecular weight excluding hydrogens is 342 g/mol. The highest BCUT2D eigenvalue weighted by Gasteiger charge is 2.07. The Morgan fingerprint density at radius 2 is 1.96 bits per heavy atom. The number of nitrogens with two attached hydrogens (primary N) is 1. The number of nitrogens with zero attached hydrogens (tertiary/aromatic N) is 2. The van der Waals surface area contributed by atoms with Gasteiger partial charge in [0.25, 0.3) is 0 Å². The van der Waals surface area contributed by atoms with Gasteiger partial charge in [-0.25, -0.2) is 5.84 Å². The minimum atomic E-state index is 0.260. The number of para-hydroxylation sites is 1. The van der Waals surface area contributed by atoms with Crippen molar-refractivity contribution in [3.8, 4) is 0 Å². The Morgan fingerprint density at radius 1 is 1.21 bits per heavy atom. The summed E-state index contributed by atoms with van der Waals surface area (Å²) in [5.74, 6) is 5.20. The lowest BCUT2D eigenvalue weighted by molar-refractivity contribution is 0.836. The summed E-state index contributed by atoms with van der Waals surface area (Å²) in [6.07, 6.45) is 3.79. The van der Waals surface area contributed by atoms with Crippen LogP contribution in [-0.2, 0) is 6.54 Å². The van der Waals surface area contributed by atoms with E-state index < -0.39 is 0 Å². The van der Waals surface area contributed by atoms with Crippen LogP contribution in [0.15, 0.2) is 59.8 Å². The van der Waals surface area contributed by atoms with E-state index in [9.17, 15) is 0 Å². The van der Waals surface area contributed by atoms with Gasteiger partial charge in [0.1, 0.15) is 0 Å². The first kappa shape index (κ1) is 16.4.